The third-order valence-corrected chi connectivity index (χ3v) is 4.14. The van der Waals surface area contributed by atoms with E-state index in [1.54, 1.807) is 0 Å². The number of nitrogens with zero attached hydrogens (tertiary/aromatic N) is 1. The Balaban J connectivity index is 1.80. The summed E-state index contributed by atoms with van der Waals surface area (Å²) in [4.78, 5) is 14.0. The minimum Gasteiger partial charge on any atom is -0.465 e. The fourth-order valence-corrected chi connectivity index (χ4v) is 3.25. The molecule has 2 fully saturated rings. The van der Waals surface area contributed by atoms with Crippen molar-refractivity contribution in [2.24, 2.45) is 5.92 Å². The Hall–Kier alpha value is -0.570. The molecule has 98 valence electrons. The summed E-state index contributed by atoms with van der Waals surface area (Å²) in [6, 6.07) is 0.687. The van der Waals surface area contributed by atoms with Crippen LogP contribution in [0.15, 0.2) is 0 Å². The molecule has 2 saturated heterocycles. The number of carbonyl (C=O) groups excluding carboxylic acids is 1. The molecule has 2 heterocycles. The summed E-state index contributed by atoms with van der Waals surface area (Å²) in [5.74, 6) is 0.574. The molecule has 0 N–H and O–H groups in total. The van der Waals surface area contributed by atoms with Crippen molar-refractivity contribution in [1.29, 1.82) is 0 Å². The predicted molar refractivity (Wildman–Crippen MR) is 67.8 cm³/mol. The zero-order valence-corrected chi connectivity index (χ0v) is 11.0. The first-order chi connectivity index (χ1) is 8.31. The van der Waals surface area contributed by atoms with Gasteiger partial charge >= 0.3 is 5.97 Å². The van der Waals surface area contributed by atoms with Gasteiger partial charge in [-0.3, -0.25) is 9.69 Å². The quantitative estimate of drug-likeness (QED) is 0.706. The maximum atomic E-state index is 11.4. The summed E-state index contributed by atoms with van der Waals surface area (Å²) < 4.78 is 5.41. The monoisotopic (exact) mass is 239 g/mol. The fraction of sp³-hybridized carbons (Fsp3) is 0.929. The minimum atomic E-state index is -0.0135. The number of hydrogen-bond acceptors (Lipinski definition) is 3. The average molecular weight is 239 g/mol. The summed E-state index contributed by atoms with van der Waals surface area (Å²) in [5, 5.41) is 0. The summed E-state index contributed by atoms with van der Waals surface area (Å²) in [5.41, 5.74) is 0. The van der Waals surface area contributed by atoms with E-state index in [0.717, 1.165) is 6.42 Å². The topological polar surface area (TPSA) is 29.5 Å². The molecule has 2 aliphatic heterocycles. The fourth-order valence-electron chi connectivity index (χ4n) is 3.25. The van der Waals surface area contributed by atoms with Crippen LogP contribution in [0.1, 0.15) is 51.9 Å². The van der Waals surface area contributed by atoms with Crippen molar-refractivity contribution in [1.82, 2.24) is 4.90 Å². The van der Waals surface area contributed by atoms with Crippen molar-refractivity contribution >= 4 is 5.97 Å². The Kier molecular flexibility index (Phi) is 4.84. The number of hydrogen-bond donors (Lipinski definition) is 0. The molecule has 0 bridgehead atoms. The third-order valence-electron chi connectivity index (χ3n) is 4.14. The molecule has 2 unspecified atom stereocenters. The molecule has 3 heteroatoms. The number of carbonyl (C=O) groups is 1. The van der Waals surface area contributed by atoms with E-state index in [1.807, 2.05) is 6.92 Å². The molecule has 0 aromatic rings. The van der Waals surface area contributed by atoms with E-state index in [1.165, 1.54) is 45.2 Å². The first-order valence-electron chi connectivity index (χ1n) is 7.21. The maximum Gasteiger partial charge on any atom is 0.305 e. The van der Waals surface area contributed by atoms with Gasteiger partial charge in [-0.25, -0.2) is 0 Å². The van der Waals surface area contributed by atoms with Crippen molar-refractivity contribution in [3.05, 3.63) is 0 Å². The molecule has 2 aliphatic rings. The van der Waals surface area contributed by atoms with E-state index in [0.29, 0.717) is 25.0 Å². The smallest absolute Gasteiger partial charge is 0.305 e. The highest BCUT2D eigenvalue weighted by atomic mass is 16.5. The minimum absolute atomic E-state index is 0.0135. The van der Waals surface area contributed by atoms with Gasteiger partial charge in [-0.1, -0.05) is 13.3 Å². The molecular weight excluding hydrogens is 214 g/mol. The molecule has 2 rings (SSSR count). The van der Waals surface area contributed by atoms with E-state index in [2.05, 4.69) is 4.90 Å². The highest BCUT2D eigenvalue weighted by Crippen LogP contribution is 2.30. The van der Waals surface area contributed by atoms with E-state index >= 15 is 0 Å². The number of ether oxygens (including phenoxy) is 1. The lowest BCUT2D eigenvalue weighted by molar-refractivity contribution is -0.146. The molecule has 0 radical (unpaired) electrons. The Bertz CT molecular complexity index is 253. The molecule has 0 aromatic carbocycles. The summed E-state index contributed by atoms with van der Waals surface area (Å²) in [7, 11) is 0. The Morgan fingerprint density at radius 2 is 2.06 bits per heavy atom. The van der Waals surface area contributed by atoms with Crippen LogP contribution in [0.3, 0.4) is 0 Å². The van der Waals surface area contributed by atoms with Crippen LogP contribution in [0, 0.1) is 5.92 Å². The zero-order valence-electron chi connectivity index (χ0n) is 11.0. The second-order valence-corrected chi connectivity index (χ2v) is 5.43. The number of piperidine rings is 2. The largest absolute Gasteiger partial charge is 0.465 e. The van der Waals surface area contributed by atoms with Crippen molar-refractivity contribution in [2.75, 3.05) is 19.7 Å². The Morgan fingerprint density at radius 1 is 1.24 bits per heavy atom. The van der Waals surface area contributed by atoms with Crippen molar-refractivity contribution < 1.29 is 9.53 Å². The van der Waals surface area contributed by atoms with Crippen LogP contribution in [0.2, 0.25) is 0 Å². The molecule has 0 amide bonds. The summed E-state index contributed by atoms with van der Waals surface area (Å²) in [6.45, 7) is 5.18. The Labute approximate surface area is 105 Å². The number of fused-ring (bicyclic) bond motifs is 1. The molecular formula is C14H25NO2. The highest BCUT2D eigenvalue weighted by Gasteiger charge is 2.33. The van der Waals surface area contributed by atoms with E-state index in [9.17, 15) is 4.79 Å². The van der Waals surface area contributed by atoms with Gasteiger partial charge in [0.2, 0.25) is 0 Å². The lowest BCUT2D eigenvalue weighted by Gasteiger charge is -2.44. The van der Waals surface area contributed by atoms with E-state index in [4.69, 9.17) is 4.74 Å². The molecule has 0 spiro atoms. The molecule has 0 aliphatic carbocycles. The third kappa shape index (κ3) is 3.44. The van der Waals surface area contributed by atoms with Crippen LogP contribution < -0.4 is 0 Å². The first-order valence-corrected chi connectivity index (χ1v) is 7.21. The van der Waals surface area contributed by atoms with Crippen LogP contribution in [0.25, 0.3) is 0 Å². The lowest BCUT2D eigenvalue weighted by atomic mass is 9.84. The van der Waals surface area contributed by atoms with Gasteiger partial charge in [0.25, 0.3) is 0 Å². The second kappa shape index (κ2) is 6.39. The first kappa shape index (κ1) is 12.9. The van der Waals surface area contributed by atoms with Crippen LogP contribution in [0.5, 0.6) is 0 Å². The normalized spacial score (nSPS) is 29.7. The maximum absolute atomic E-state index is 11.4. The second-order valence-electron chi connectivity index (χ2n) is 5.43. The van der Waals surface area contributed by atoms with Gasteiger partial charge in [0, 0.05) is 18.4 Å². The highest BCUT2D eigenvalue weighted by molar-refractivity contribution is 5.69. The number of esters is 1. The van der Waals surface area contributed by atoms with Gasteiger partial charge in [0.05, 0.1) is 6.61 Å². The van der Waals surface area contributed by atoms with Crippen LogP contribution >= 0.6 is 0 Å². The van der Waals surface area contributed by atoms with Crippen molar-refractivity contribution in [3.8, 4) is 0 Å². The molecule has 0 saturated carbocycles. The summed E-state index contributed by atoms with van der Waals surface area (Å²) in [6.07, 6.45) is 7.96. The van der Waals surface area contributed by atoms with Gasteiger partial charge in [-0.2, -0.15) is 0 Å². The van der Waals surface area contributed by atoms with E-state index in [-0.39, 0.29) is 5.97 Å². The van der Waals surface area contributed by atoms with Crippen molar-refractivity contribution in [2.45, 2.75) is 57.9 Å². The summed E-state index contributed by atoms with van der Waals surface area (Å²) >= 11 is 0. The van der Waals surface area contributed by atoms with Crippen LogP contribution in [-0.2, 0) is 9.53 Å². The van der Waals surface area contributed by atoms with Gasteiger partial charge in [-0.05, 0) is 45.2 Å². The Morgan fingerprint density at radius 3 is 2.88 bits per heavy atom. The number of rotatable bonds is 4. The van der Waals surface area contributed by atoms with Crippen LogP contribution in [0.4, 0.5) is 0 Å². The predicted octanol–water partition coefficient (Wildman–Crippen LogP) is 2.59. The van der Waals surface area contributed by atoms with Crippen molar-refractivity contribution in [3.63, 3.8) is 0 Å². The zero-order chi connectivity index (χ0) is 12.1. The van der Waals surface area contributed by atoms with Gasteiger partial charge in [-0.15, -0.1) is 0 Å². The standard InChI is InChI=1S/C14H25NO2/c1-2-6-14(16)17-11-12-7-5-10-15-9-4-3-8-13(12)15/h12-13H,2-11H2,1H3. The lowest BCUT2D eigenvalue weighted by Crippen LogP contribution is -2.49. The molecule has 2 atom stereocenters. The van der Waals surface area contributed by atoms with Crippen LogP contribution in [-0.4, -0.2) is 36.6 Å². The molecule has 3 nitrogen and oxygen atoms in total. The SMILES string of the molecule is CCCC(=O)OCC1CCCN2CCCCC12. The van der Waals surface area contributed by atoms with E-state index < -0.39 is 0 Å². The van der Waals surface area contributed by atoms with Gasteiger partial charge in [0.15, 0.2) is 0 Å². The average Bonchev–Trinajstić information content (AvgIpc) is 2.36. The molecule has 0 aromatic heterocycles. The van der Waals surface area contributed by atoms with Gasteiger partial charge in [0.1, 0.15) is 0 Å². The van der Waals surface area contributed by atoms with Gasteiger partial charge < -0.3 is 4.74 Å². The molecule has 17 heavy (non-hydrogen) atoms.